The Bertz CT molecular complexity index is 589. The average molecular weight is 312 g/mol. The Morgan fingerprint density at radius 1 is 1.00 bits per heavy atom. The second-order valence-corrected chi connectivity index (χ2v) is 7.87. The summed E-state index contributed by atoms with van der Waals surface area (Å²) in [5, 5.41) is 14.6. The normalized spacial score (nSPS) is 35.7. The molecule has 23 heavy (non-hydrogen) atoms. The monoisotopic (exact) mass is 312 g/mol. The molecule has 1 atom stereocenters. The molecule has 4 fully saturated rings. The number of hydrogen-bond acceptors (Lipinski definition) is 3. The van der Waals surface area contributed by atoms with Gasteiger partial charge in [-0.15, -0.1) is 0 Å². The van der Waals surface area contributed by atoms with Crippen molar-refractivity contribution in [2.45, 2.75) is 44.6 Å². The van der Waals surface area contributed by atoms with Crippen molar-refractivity contribution in [2.75, 3.05) is 0 Å². The molecule has 1 aromatic rings. The summed E-state index contributed by atoms with van der Waals surface area (Å²) < 4.78 is 0. The van der Waals surface area contributed by atoms with E-state index in [1.165, 1.54) is 19.3 Å². The third-order valence-corrected chi connectivity index (χ3v) is 6.25. The predicted molar refractivity (Wildman–Crippen MR) is 83.3 cm³/mol. The molecule has 4 nitrogen and oxygen atoms in total. The summed E-state index contributed by atoms with van der Waals surface area (Å²) in [4.78, 5) is 24.3. The van der Waals surface area contributed by atoms with Crippen LogP contribution < -0.4 is 10.4 Å². The minimum atomic E-state index is -1.13. The van der Waals surface area contributed by atoms with Crippen molar-refractivity contribution in [1.82, 2.24) is 5.32 Å². The van der Waals surface area contributed by atoms with Crippen molar-refractivity contribution < 1.29 is 14.7 Å². The summed E-state index contributed by atoms with van der Waals surface area (Å²) in [5.41, 5.74) is 0.210. The molecule has 4 aliphatic rings. The highest BCUT2D eigenvalue weighted by molar-refractivity contribution is 5.96. The molecule has 0 heterocycles. The lowest BCUT2D eigenvalue weighted by atomic mass is 9.47. The number of hydrogen-bond donors (Lipinski definition) is 1. The van der Waals surface area contributed by atoms with Gasteiger partial charge in [0.2, 0.25) is 0 Å². The van der Waals surface area contributed by atoms with Crippen molar-refractivity contribution in [1.29, 1.82) is 0 Å². The van der Waals surface area contributed by atoms with Gasteiger partial charge in [-0.25, -0.2) is 0 Å². The van der Waals surface area contributed by atoms with Crippen LogP contribution in [0.3, 0.4) is 0 Å². The zero-order valence-electron chi connectivity index (χ0n) is 13.2. The van der Waals surface area contributed by atoms with E-state index < -0.39 is 12.0 Å². The lowest BCUT2D eigenvalue weighted by Crippen LogP contribution is -2.62. The van der Waals surface area contributed by atoms with Gasteiger partial charge in [0.1, 0.15) is 0 Å². The van der Waals surface area contributed by atoms with Crippen LogP contribution in [0.1, 0.15) is 48.9 Å². The summed E-state index contributed by atoms with van der Waals surface area (Å²) >= 11 is 0. The minimum Gasteiger partial charge on any atom is -0.548 e. The summed E-state index contributed by atoms with van der Waals surface area (Å²) in [5.74, 6) is 0.469. The summed E-state index contributed by atoms with van der Waals surface area (Å²) in [6, 6.07) is 7.96. The van der Waals surface area contributed by atoms with E-state index in [4.69, 9.17) is 0 Å². The molecule has 4 heteroatoms. The maximum Gasteiger partial charge on any atom is 0.251 e. The molecule has 4 bridgehead atoms. The molecule has 0 spiro atoms. The first-order valence-corrected chi connectivity index (χ1v) is 8.62. The van der Waals surface area contributed by atoms with E-state index in [-0.39, 0.29) is 11.3 Å². The molecular weight excluding hydrogens is 290 g/mol. The molecule has 0 aromatic heterocycles. The summed E-state index contributed by atoms with van der Waals surface area (Å²) in [6.07, 6.45) is 6.50. The maximum absolute atomic E-state index is 12.5. The molecule has 4 saturated carbocycles. The molecule has 0 aliphatic heterocycles. The Morgan fingerprint density at radius 3 is 2.00 bits per heavy atom. The lowest BCUT2D eigenvalue weighted by Gasteiger charge is -2.59. The second kappa shape index (κ2) is 5.36. The second-order valence-electron chi connectivity index (χ2n) is 7.87. The number of carboxylic acid groups (broad SMARTS) is 1. The van der Waals surface area contributed by atoms with Crippen LogP contribution in [0.5, 0.6) is 0 Å². The number of nitrogens with one attached hydrogen (secondary N) is 1. The zero-order valence-corrected chi connectivity index (χ0v) is 13.2. The number of aliphatic carboxylic acids is 1. The van der Waals surface area contributed by atoms with Crippen LogP contribution in [-0.2, 0) is 4.79 Å². The number of rotatable bonds is 4. The maximum atomic E-state index is 12.5. The third-order valence-electron chi connectivity index (χ3n) is 6.25. The van der Waals surface area contributed by atoms with Gasteiger partial charge >= 0.3 is 0 Å². The van der Waals surface area contributed by atoms with Crippen LogP contribution >= 0.6 is 0 Å². The lowest BCUT2D eigenvalue weighted by molar-refractivity contribution is -0.313. The third kappa shape index (κ3) is 2.54. The van der Waals surface area contributed by atoms with Gasteiger partial charge in [-0.05, 0) is 73.8 Å². The number of benzene rings is 1. The number of amides is 1. The highest BCUT2D eigenvalue weighted by Crippen LogP contribution is 2.61. The molecular formula is C19H22NO3-. The van der Waals surface area contributed by atoms with Gasteiger partial charge in [0.25, 0.3) is 5.91 Å². The van der Waals surface area contributed by atoms with Crippen LogP contribution in [0.25, 0.3) is 0 Å². The Kier molecular flexibility index (Phi) is 3.43. The van der Waals surface area contributed by atoms with Crippen LogP contribution in [0.2, 0.25) is 0 Å². The molecule has 122 valence electrons. The molecule has 0 radical (unpaired) electrons. The highest BCUT2D eigenvalue weighted by atomic mass is 16.4. The fourth-order valence-electron chi connectivity index (χ4n) is 5.80. The first kappa shape index (κ1) is 14.7. The van der Waals surface area contributed by atoms with Crippen LogP contribution in [-0.4, -0.2) is 17.9 Å². The summed E-state index contributed by atoms with van der Waals surface area (Å²) in [7, 11) is 0. The SMILES string of the molecule is O=C(N[C@H](C(=O)[O-])C12CC3CC(CC(C3)C1)C2)c1ccccc1. The van der Waals surface area contributed by atoms with Crippen molar-refractivity contribution in [3.05, 3.63) is 35.9 Å². The molecule has 1 amide bonds. The molecule has 5 rings (SSSR count). The predicted octanol–water partition coefficient (Wildman–Crippen LogP) is 1.75. The van der Waals surface area contributed by atoms with E-state index in [1.807, 2.05) is 6.07 Å². The fraction of sp³-hybridized carbons (Fsp3) is 0.579. The number of carbonyl (C=O) groups excluding carboxylic acids is 2. The topological polar surface area (TPSA) is 69.2 Å². The van der Waals surface area contributed by atoms with Gasteiger partial charge in [0.05, 0.1) is 12.0 Å². The van der Waals surface area contributed by atoms with E-state index >= 15 is 0 Å². The fourth-order valence-corrected chi connectivity index (χ4v) is 5.80. The quantitative estimate of drug-likeness (QED) is 0.921. The van der Waals surface area contributed by atoms with Gasteiger partial charge in [-0.3, -0.25) is 4.79 Å². The van der Waals surface area contributed by atoms with Crippen LogP contribution in [0.4, 0.5) is 0 Å². The zero-order chi connectivity index (χ0) is 16.0. The Balaban J connectivity index is 1.59. The molecule has 1 aromatic carbocycles. The largest absolute Gasteiger partial charge is 0.548 e. The first-order chi connectivity index (χ1) is 11.1. The smallest absolute Gasteiger partial charge is 0.251 e. The van der Waals surface area contributed by atoms with E-state index in [9.17, 15) is 14.7 Å². The van der Waals surface area contributed by atoms with Crippen LogP contribution in [0.15, 0.2) is 30.3 Å². The average Bonchev–Trinajstić information content (AvgIpc) is 2.51. The Morgan fingerprint density at radius 2 is 1.52 bits per heavy atom. The Labute approximate surface area is 136 Å². The van der Waals surface area contributed by atoms with Crippen LogP contribution in [0, 0.1) is 23.2 Å². The van der Waals surface area contributed by atoms with E-state index in [0.717, 1.165) is 19.3 Å². The Hall–Kier alpha value is -1.84. The molecule has 0 saturated heterocycles. The number of carbonyl (C=O) groups is 2. The summed E-state index contributed by atoms with van der Waals surface area (Å²) in [6.45, 7) is 0. The first-order valence-electron chi connectivity index (χ1n) is 8.62. The molecule has 4 aliphatic carbocycles. The van der Waals surface area contributed by atoms with Gasteiger partial charge in [0, 0.05) is 5.56 Å². The number of carboxylic acids is 1. The minimum absolute atomic E-state index is 0.294. The van der Waals surface area contributed by atoms with Crippen molar-refractivity contribution in [3.8, 4) is 0 Å². The van der Waals surface area contributed by atoms with E-state index in [0.29, 0.717) is 23.3 Å². The van der Waals surface area contributed by atoms with Gasteiger partial charge in [-0.2, -0.15) is 0 Å². The van der Waals surface area contributed by atoms with Crippen molar-refractivity contribution in [2.24, 2.45) is 23.2 Å². The molecule has 0 unspecified atom stereocenters. The standard InChI is InChI=1S/C19H23NO3/c21-17(15-4-2-1-3-5-15)20-16(18(22)23)19-9-12-6-13(10-19)8-14(7-12)11-19/h1-5,12-14,16H,6-11H2,(H,20,21)(H,22,23)/p-1/t12?,13?,14?,16-,19?/m1/s1. The van der Waals surface area contributed by atoms with Gasteiger partial charge < -0.3 is 15.2 Å². The molecule has 1 N–H and O–H groups in total. The van der Waals surface area contributed by atoms with Crippen molar-refractivity contribution in [3.63, 3.8) is 0 Å². The van der Waals surface area contributed by atoms with Gasteiger partial charge in [0.15, 0.2) is 0 Å². The highest BCUT2D eigenvalue weighted by Gasteiger charge is 2.54. The van der Waals surface area contributed by atoms with Gasteiger partial charge in [-0.1, -0.05) is 18.2 Å². The van der Waals surface area contributed by atoms with E-state index in [1.54, 1.807) is 24.3 Å². The van der Waals surface area contributed by atoms with Crippen molar-refractivity contribution >= 4 is 11.9 Å². The van der Waals surface area contributed by atoms with E-state index in [2.05, 4.69) is 5.32 Å².